The molecule has 0 radical (unpaired) electrons. The number of rotatable bonds is 2. The Hall–Kier alpha value is -1.69. The molecular formula is C15H10FIO2. The van der Waals surface area contributed by atoms with Crippen LogP contribution in [0.25, 0.3) is 5.83 Å². The van der Waals surface area contributed by atoms with E-state index in [0.717, 1.165) is 3.57 Å². The Balaban J connectivity index is 1.95. The summed E-state index contributed by atoms with van der Waals surface area (Å²) in [4.78, 5) is 11.7. The number of hydrogen-bond acceptors (Lipinski definition) is 2. The van der Waals surface area contributed by atoms with Gasteiger partial charge in [-0.3, -0.25) is 0 Å². The zero-order chi connectivity index (χ0) is 13.2. The first-order valence-electron chi connectivity index (χ1n) is 5.69. The summed E-state index contributed by atoms with van der Waals surface area (Å²) in [5.74, 6) is -0.659. The predicted molar refractivity (Wildman–Crippen MR) is 80.1 cm³/mol. The van der Waals surface area contributed by atoms with Gasteiger partial charge in [-0.15, -0.1) is 0 Å². The second kappa shape index (κ2) is 5.13. The van der Waals surface area contributed by atoms with Crippen LogP contribution in [0.2, 0.25) is 0 Å². The van der Waals surface area contributed by atoms with Crippen LogP contribution in [0.3, 0.4) is 0 Å². The van der Waals surface area contributed by atoms with E-state index in [1.165, 1.54) is 4.08 Å². The van der Waals surface area contributed by atoms with E-state index in [9.17, 15) is 9.18 Å². The Bertz CT molecular complexity index is 652. The fourth-order valence-corrected chi connectivity index (χ4v) is 5.54. The molecule has 1 heterocycles. The predicted octanol–water partition coefficient (Wildman–Crippen LogP) is 4.42. The molecule has 2 nitrogen and oxygen atoms in total. The summed E-state index contributed by atoms with van der Waals surface area (Å²) in [6.45, 7) is 0. The van der Waals surface area contributed by atoms with Gasteiger partial charge in [0.15, 0.2) is 0 Å². The summed E-state index contributed by atoms with van der Waals surface area (Å²) >= 11 is -2.34. The normalized spacial score (nSPS) is 16.2. The number of carbonyl (C=O) groups excluding carboxylic acids is 1. The van der Waals surface area contributed by atoms with Gasteiger partial charge in [0.1, 0.15) is 0 Å². The number of fused-ring (bicyclic) bond motifs is 1. The first-order valence-corrected chi connectivity index (χ1v) is 8.89. The zero-order valence-electron chi connectivity index (χ0n) is 9.85. The van der Waals surface area contributed by atoms with Crippen LogP contribution in [0.1, 0.15) is 15.9 Å². The Morgan fingerprint density at radius 3 is 2.53 bits per heavy atom. The third-order valence-electron chi connectivity index (χ3n) is 2.69. The third kappa shape index (κ3) is 2.40. The van der Waals surface area contributed by atoms with Crippen molar-refractivity contribution in [2.24, 2.45) is 0 Å². The second-order valence-corrected chi connectivity index (χ2v) is 7.74. The summed E-state index contributed by atoms with van der Waals surface area (Å²) in [5, 5.41) is 0. The molecule has 0 unspecified atom stereocenters. The van der Waals surface area contributed by atoms with Crippen molar-refractivity contribution >= 4 is 32.0 Å². The molecule has 0 saturated heterocycles. The van der Waals surface area contributed by atoms with Crippen LogP contribution in [-0.2, 0) is 3.07 Å². The van der Waals surface area contributed by atoms with Crippen LogP contribution < -0.4 is 0 Å². The summed E-state index contributed by atoms with van der Waals surface area (Å²) in [6.07, 6.45) is 0. The van der Waals surface area contributed by atoms with E-state index in [4.69, 9.17) is 3.07 Å². The first kappa shape index (κ1) is 12.3. The van der Waals surface area contributed by atoms with E-state index in [2.05, 4.69) is 0 Å². The van der Waals surface area contributed by atoms with E-state index in [1.807, 2.05) is 18.2 Å². The standard InChI is InChI=1S/C15H10FIO2/c16-13(11-6-2-1-3-7-11)10-17-14-9-5-4-8-12(14)15(18)19-17/h1-10H/b13-10+. The fourth-order valence-electron chi connectivity index (χ4n) is 1.78. The zero-order valence-corrected chi connectivity index (χ0v) is 12.0. The van der Waals surface area contributed by atoms with Gasteiger partial charge >= 0.3 is 118 Å². The van der Waals surface area contributed by atoms with Crippen molar-refractivity contribution in [2.45, 2.75) is 0 Å². The summed E-state index contributed by atoms with van der Waals surface area (Å²) < 4.78 is 21.8. The Morgan fingerprint density at radius 1 is 1.05 bits per heavy atom. The molecule has 2 aromatic rings. The molecule has 0 N–H and O–H groups in total. The van der Waals surface area contributed by atoms with Crippen LogP contribution in [0, 0.1) is 3.57 Å². The maximum absolute atomic E-state index is 14.1. The van der Waals surface area contributed by atoms with Crippen molar-refractivity contribution in [3.63, 3.8) is 0 Å². The van der Waals surface area contributed by atoms with Gasteiger partial charge in [-0.1, -0.05) is 0 Å². The molecule has 1 aliphatic rings. The van der Waals surface area contributed by atoms with Crippen LogP contribution >= 0.6 is 20.2 Å². The minimum atomic E-state index is -2.34. The SMILES string of the molecule is O=C1OI(/C=C(/F)c2ccccc2)c2ccccc21. The molecule has 0 spiro atoms. The minimum absolute atomic E-state index is 0.324. The average molecular weight is 368 g/mol. The van der Waals surface area contributed by atoms with E-state index in [1.54, 1.807) is 36.4 Å². The Kier molecular flexibility index (Phi) is 3.33. The van der Waals surface area contributed by atoms with Gasteiger partial charge in [0.05, 0.1) is 0 Å². The van der Waals surface area contributed by atoms with E-state index >= 15 is 0 Å². The van der Waals surface area contributed by atoms with Gasteiger partial charge in [0, 0.05) is 0 Å². The molecule has 0 fully saturated rings. The Morgan fingerprint density at radius 2 is 1.74 bits per heavy atom. The number of carbonyl (C=O) groups is 1. The van der Waals surface area contributed by atoms with Gasteiger partial charge in [-0.05, 0) is 0 Å². The molecular weight excluding hydrogens is 358 g/mol. The molecule has 1 aliphatic heterocycles. The molecule has 0 aromatic heterocycles. The van der Waals surface area contributed by atoms with Crippen molar-refractivity contribution in [1.82, 2.24) is 0 Å². The second-order valence-electron chi connectivity index (χ2n) is 3.94. The van der Waals surface area contributed by atoms with Gasteiger partial charge in [-0.2, -0.15) is 0 Å². The molecule has 0 aliphatic carbocycles. The van der Waals surface area contributed by atoms with Crippen molar-refractivity contribution in [2.75, 3.05) is 0 Å². The first-order chi connectivity index (χ1) is 9.25. The van der Waals surface area contributed by atoms with E-state index < -0.39 is 20.2 Å². The molecule has 2 aromatic carbocycles. The number of benzene rings is 2. The van der Waals surface area contributed by atoms with Crippen LogP contribution in [0.4, 0.5) is 4.39 Å². The molecule has 0 saturated carbocycles. The molecule has 0 bridgehead atoms. The molecule has 0 atom stereocenters. The summed E-state index contributed by atoms with van der Waals surface area (Å²) in [6, 6.07) is 16.0. The number of hydrogen-bond donors (Lipinski definition) is 0. The van der Waals surface area contributed by atoms with Crippen molar-refractivity contribution < 1.29 is 12.3 Å². The summed E-state index contributed by atoms with van der Waals surface area (Å²) in [7, 11) is 0. The summed E-state index contributed by atoms with van der Waals surface area (Å²) in [5.41, 5.74) is 1.09. The monoisotopic (exact) mass is 368 g/mol. The van der Waals surface area contributed by atoms with Crippen molar-refractivity contribution in [3.05, 3.63) is 73.4 Å². The molecule has 4 heteroatoms. The Labute approximate surface area is 117 Å². The van der Waals surface area contributed by atoms with Gasteiger partial charge in [-0.25, -0.2) is 0 Å². The molecule has 0 amide bonds. The average Bonchev–Trinajstić information content (AvgIpc) is 2.77. The van der Waals surface area contributed by atoms with E-state index in [0.29, 0.717) is 11.1 Å². The molecule has 3 rings (SSSR count). The van der Waals surface area contributed by atoms with Crippen molar-refractivity contribution in [3.8, 4) is 0 Å². The number of halogens is 2. The van der Waals surface area contributed by atoms with Gasteiger partial charge in [0.25, 0.3) is 0 Å². The van der Waals surface area contributed by atoms with Crippen LogP contribution in [0.5, 0.6) is 0 Å². The quantitative estimate of drug-likeness (QED) is 0.734. The van der Waals surface area contributed by atoms with Gasteiger partial charge < -0.3 is 0 Å². The van der Waals surface area contributed by atoms with E-state index in [-0.39, 0.29) is 11.8 Å². The van der Waals surface area contributed by atoms with Gasteiger partial charge in [0.2, 0.25) is 0 Å². The molecule has 19 heavy (non-hydrogen) atoms. The molecule has 96 valence electrons. The third-order valence-corrected chi connectivity index (χ3v) is 6.77. The van der Waals surface area contributed by atoms with Crippen LogP contribution in [0.15, 0.2) is 58.7 Å². The maximum atomic E-state index is 14.1. The fraction of sp³-hybridized carbons (Fsp3) is 0. The van der Waals surface area contributed by atoms with Crippen LogP contribution in [-0.4, -0.2) is 5.97 Å². The van der Waals surface area contributed by atoms with Crippen molar-refractivity contribution in [1.29, 1.82) is 0 Å². The topological polar surface area (TPSA) is 26.3 Å².